The van der Waals surface area contributed by atoms with E-state index in [1.165, 1.54) is 44.1 Å². The molecule has 0 N–H and O–H groups in total. The van der Waals surface area contributed by atoms with Gasteiger partial charge in [-0.05, 0) is 56.0 Å². The molecule has 2 aromatic rings. The van der Waals surface area contributed by atoms with Crippen LogP contribution in [-0.4, -0.2) is 16.1 Å². The van der Waals surface area contributed by atoms with Crippen LogP contribution < -0.4 is 4.74 Å². The molecule has 0 aliphatic heterocycles. The average molecular weight is 341 g/mol. The van der Waals surface area contributed by atoms with Gasteiger partial charge in [0.15, 0.2) is 5.82 Å². The lowest BCUT2D eigenvalue weighted by molar-refractivity contribution is 0.207. The SMILES string of the molecule is CCCCCCc1cnc(-c2ccc(O[C@@H](C)CCCC)cc2)nc1. The molecule has 1 aromatic carbocycles. The van der Waals surface area contributed by atoms with Gasteiger partial charge in [0.2, 0.25) is 0 Å². The van der Waals surface area contributed by atoms with E-state index in [2.05, 4.69) is 30.7 Å². The third-order valence-corrected chi connectivity index (χ3v) is 4.44. The Morgan fingerprint density at radius 1 is 0.880 bits per heavy atom. The summed E-state index contributed by atoms with van der Waals surface area (Å²) in [6.07, 6.45) is 13.9. The average Bonchev–Trinajstić information content (AvgIpc) is 2.65. The molecule has 0 aliphatic carbocycles. The molecule has 2 rings (SSSR count). The minimum atomic E-state index is 0.258. The predicted molar refractivity (Wildman–Crippen MR) is 105 cm³/mol. The molecule has 0 radical (unpaired) electrons. The normalized spacial score (nSPS) is 12.1. The summed E-state index contributed by atoms with van der Waals surface area (Å²) in [5.74, 6) is 1.70. The number of ether oxygens (including phenoxy) is 1. The molecular weight excluding hydrogens is 308 g/mol. The molecule has 0 spiro atoms. The van der Waals surface area contributed by atoms with Crippen molar-refractivity contribution in [2.45, 2.75) is 78.2 Å². The van der Waals surface area contributed by atoms with E-state index in [9.17, 15) is 0 Å². The Morgan fingerprint density at radius 3 is 2.20 bits per heavy atom. The van der Waals surface area contributed by atoms with Crippen molar-refractivity contribution in [3.8, 4) is 17.1 Å². The number of hydrogen-bond donors (Lipinski definition) is 0. The first-order valence-corrected chi connectivity index (χ1v) is 9.81. The molecular formula is C22H32N2O. The van der Waals surface area contributed by atoms with Crippen LogP contribution in [0.15, 0.2) is 36.7 Å². The van der Waals surface area contributed by atoms with Crippen molar-refractivity contribution in [3.63, 3.8) is 0 Å². The highest BCUT2D eigenvalue weighted by Gasteiger charge is 2.06. The van der Waals surface area contributed by atoms with Crippen LogP contribution in [0.5, 0.6) is 5.75 Å². The van der Waals surface area contributed by atoms with Crippen LogP contribution in [0.1, 0.15) is 71.3 Å². The summed E-state index contributed by atoms with van der Waals surface area (Å²) >= 11 is 0. The number of aromatic nitrogens is 2. The molecule has 0 fully saturated rings. The molecule has 0 saturated carbocycles. The molecule has 0 aliphatic rings. The van der Waals surface area contributed by atoms with E-state index < -0.39 is 0 Å². The Kier molecular flexibility index (Phi) is 8.44. The highest BCUT2D eigenvalue weighted by Crippen LogP contribution is 2.21. The van der Waals surface area contributed by atoms with Gasteiger partial charge >= 0.3 is 0 Å². The Balaban J connectivity index is 1.88. The standard InChI is InChI=1S/C22H32N2O/c1-4-6-8-9-11-19-16-23-22(24-17-19)20-12-14-21(15-13-20)25-18(3)10-7-5-2/h12-18H,4-11H2,1-3H3/t18-/m0/s1. The van der Waals surface area contributed by atoms with E-state index in [-0.39, 0.29) is 6.10 Å². The van der Waals surface area contributed by atoms with Gasteiger partial charge in [0.05, 0.1) is 6.10 Å². The molecule has 1 heterocycles. The molecule has 3 heteroatoms. The number of benzene rings is 1. The third kappa shape index (κ3) is 6.85. The van der Waals surface area contributed by atoms with Gasteiger partial charge in [-0.3, -0.25) is 0 Å². The lowest BCUT2D eigenvalue weighted by atomic mass is 10.1. The molecule has 3 nitrogen and oxygen atoms in total. The molecule has 0 unspecified atom stereocenters. The van der Waals surface area contributed by atoms with E-state index in [1.54, 1.807) is 0 Å². The van der Waals surface area contributed by atoms with Crippen molar-refractivity contribution in [2.24, 2.45) is 0 Å². The molecule has 0 bridgehead atoms. The van der Waals surface area contributed by atoms with Crippen LogP contribution in [-0.2, 0) is 6.42 Å². The first kappa shape index (κ1) is 19.4. The highest BCUT2D eigenvalue weighted by atomic mass is 16.5. The van der Waals surface area contributed by atoms with E-state index in [0.717, 1.165) is 30.0 Å². The zero-order chi connectivity index (χ0) is 17.9. The number of unbranched alkanes of at least 4 members (excludes halogenated alkanes) is 4. The predicted octanol–water partition coefficient (Wildman–Crippen LogP) is 6.22. The van der Waals surface area contributed by atoms with Crippen molar-refractivity contribution >= 4 is 0 Å². The summed E-state index contributed by atoms with van der Waals surface area (Å²) < 4.78 is 5.95. The van der Waals surface area contributed by atoms with Gasteiger partial charge in [-0.25, -0.2) is 9.97 Å². The minimum absolute atomic E-state index is 0.258. The maximum absolute atomic E-state index is 5.95. The van der Waals surface area contributed by atoms with Gasteiger partial charge in [-0.1, -0.05) is 46.0 Å². The first-order chi connectivity index (χ1) is 12.2. The van der Waals surface area contributed by atoms with Crippen LogP contribution in [0.25, 0.3) is 11.4 Å². The summed E-state index contributed by atoms with van der Waals surface area (Å²) in [6.45, 7) is 6.57. The van der Waals surface area contributed by atoms with Gasteiger partial charge in [-0.2, -0.15) is 0 Å². The Labute approximate surface area is 152 Å². The van der Waals surface area contributed by atoms with Gasteiger partial charge in [-0.15, -0.1) is 0 Å². The third-order valence-electron chi connectivity index (χ3n) is 4.44. The van der Waals surface area contributed by atoms with E-state index in [1.807, 2.05) is 36.7 Å². The Hall–Kier alpha value is -1.90. The fourth-order valence-electron chi connectivity index (χ4n) is 2.85. The van der Waals surface area contributed by atoms with E-state index in [4.69, 9.17) is 4.74 Å². The smallest absolute Gasteiger partial charge is 0.159 e. The second-order valence-corrected chi connectivity index (χ2v) is 6.82. The topological polar surface area (TPSA) is 35.0 Å². The Bertz CT molecular complexity index is 592. The lowest BCUT2D eigenvalue weighted by Crippen LogP contribution is -2.11. The largest absolute Gasteiger partial charge is 0.491 e. The fourth-order valence-corrected chi connectivity index (χ4v) is 2.85. The first-order valence-electron chi connectivity index (χ1n) is 9.81. The molecule has 136 valence electrons. The van der Waals surface area contributed by atoms with Crippen molar-refractivity contribution < 1.29 is 4.74 Å². The van der Waals surface area contributed by atoms with Gasteiger partial charge in [0, 0.05) is 18.0 Å². The van der Waals surface area contributed by atoms with Crippen LogP contribution >= 0.6 is 0 Å². The Morgan fingerprint density at radius 2 is 1.56 bits per heavy atom. The van der Waals surface area contributed by atoms with Crippen molar-refractivity contribution in [1.29, 1.82) is 0 Å². The number of rotatable bonds is 11. The van der Waals surface area contributed by atoms with Crippen molar-refractivity contribution in [3.05, 3.63) is 42.2 Å². The van der Waals surface area contributed by atoms with Gasteiger partial charge in [0.25, 0.3) is 0 Å². The van der Waals surface area contributed by atoms with Crippen LogP contribution in [0.3, 0.4) is 0 Å². The molecule has 25 heavy (non-hydrogen) atoms. The maximum Gasteiger partial charge on any atom is 0.159 e. The molecule has 0 saturated heterocycles. The summed E-state index contributed by atoms with van der Waals surface area (Å²) in [5.41, 5.74) is 2.26. The van der Waals surface area contributed by atoms with Crippen LogP contribution in [0.4, 0.5) is 0 Å². The summed E-state index contributed by atoms with van der Waals surface area (Å²) in [6, 6.07) is 8.11. The second-order valence-electron chi connectivity index (χ2n) is 6.82. The number of nitrogens with zero attached hydrogens (tertiary/aromatic N) is 2. The summed E-state index contributed by atoms with van der Waals surface area (Å²) in [4.78, 5) is 9.05. The van der Waals surface area contributed by atoms with Crippen LogP contribution in [0.2, 0.25) is 0 Å². The maximum atomic E-state index is 5.95. The monoisotopic (exact) mass is 340 g/mol. The second kappa shape index (κ2) is 10.9. The molecule has 1 aromatic heterocycles. The van der Waals surface area contributed by atoms with Crippen molar-refractivity contribution in [1.82, 2.24) is 9.97 Å². The van der Waals surface area contributed by atoms with E-state index in [0.29, 0.717) is 0 Å². The lowest BCUT2D eigenvalue weighted by Gasteiger charge is -2.14. The highest BCUT2D eigenvalue weighted by molar-refractivity contribution is 5.55. The minimum Gasteiger partial charge on any atom is -0.491 e. The fraction of sp³-hybridized carbons (Fsp3) is 0.545. The summed E-state index contributed by atoms with van der Waals surface area (Å²) in [5, 5.41) is 0. The molecule has 1 atom stereocenters. The number of hydrogen-bond acceptors (Lipinski definition) is 3. The zero-order valence-corrected chi connectivity index (χ0v) is 16.0. The van der Waals surface area contributed by atoms with Crippen LogP contribution in [0, 0.1) is 0 Å². The zero-order valence-electron chi connectivity index (χ0n) is 16.0. The van der Waals surface area contributed by atoms with Gasteiger partial charge < -0.3 is 4.74 Å². The molecule has 0 amide bonds. The number of aryl methyl sites for hydroxylation is 1. The van der Waals surface area contributed by atoms with E-state index >= 15 is 0 Å². The van der Waals surface area contributed by atoms with Crippen molar-refractivity contribution in [2.75, 3.05) is 0 Å². The summed E-state index contributed by atoms with van der Waals surface area (Å²) in [7, 11) is 0. The van der Waals surface area contributed by atoms with Gasteiger partial charge in [0.1, 0.15) is 5.75 Å². The quantitative estimate of drug-likeness (QED) is 0.455.